The minimum absolute atomic E-state index is 0.666. The summed E-state index contributed by atoms with van der Waals surface area (Å²) in [7, 11) is 0. The van der Waals surface area contributed by atoms with Gasteiger partial charge >= 0.3 is 0 Å². The van der Waals surface area contributed by atoms with Crippen molar-refractivity contribution in [3.05, 3.63) is 29.1 Å². The van der Waals surface area contributed by atoms with E-state index in [1.807, 2.05) is 12.4 Å². The molecule has 0 unspecified atom stereocenters. The first-order valence-corrected chi connectivity index (χ1v) is 7.64. The molecule has 0 bridgehead atoms. The first kappa shape index (κ1) is 13.9. The molecule has 0 radical (unpaired) electrons. The Balaban J connectivity index is 2.40. The maximum atomic E-state index is 5.78. The van der Waals surface area contributed by atoms with E-state index in [0.717, 1.165) is 30.1 Å². The lowest BCUT2D eigenvalue weighted by Crippen LogP contribution is -2.21. The molecule has 0 amide bonds. The molecule has 0 fully saturated rings. The lowest BCUT2D eigenvalue weighted by molar-refractivity contribution is 0.341. The maximum absolute atomic E-state index is 5.78. The summed E-state index contributed by atoms with van der Waals surface area (Å²) in [6.07, 6.45) is 0. The molecule has 0 spiro atoms. The summed E-state index contributed by atoms with van der Waals surface area (Å²) in [4.78, 5) is 6.68. The molecule has 0 saturated heterocycles. The van der Waals surface area contributed by atoms with Gasteiger partial charge in [-0.2, -0.15) is 0 Å². The van der Waals surface area contributed by atoms with Crippen LogP contribution in [0.15, 0.2) is 29.1 Å². The van der Waals surface area contributed by atoms with Crippen LogP contribution in [0.5, 0.6) is 5.75 Å². The zero-order chi connectivity index (χ0) is 13.7. The third kappa shape index (κ3) is 3.07. The van der Waals surface area contributed by atoms with Crippen molar-refractivity contribution in [2.24, 2.45) is 0 Å². The monoisotopic (exact) mass is 276 g/mol. The zero-order valence-corrected chi connectivity index (χ0v) is 12.5. The topological polar surface area (TPSA) is 25.4 Å². The van der Waals surface area contributed by atoms with E-state index < -0.39 is 0 Å². The van der Waals surface area contributed by atoms with Crippen molar-refractivity contribution in [3.8, 4) is 17.0 Å². The fraction of sp³-hybridized carbons (Fsp3) is 0.400. The molecule has 102 valence electrons. The van der Waals surface area contributed by atoms with E-state index in [1.54, 1.807) is 11.3 Å². The molecule has 19 heavy (non-hydrogen) atoms. The van der Waals surface area contributed by atoms with Gasteiger partial charge in [-0.25, -0.2) is 4.98 Å². The fourth-order valence-corrected chi connectivity index (χ4v) is 2.68. The molecule has 1 aromatic heterocycles. The SMILES string of the molecule is CCOc1cc(N(CC)CC)ccc1-c1cscn1. The number of hydrogen-bond acceptors (Lipinski definition) is 4. The Morgan fingerprint density at radius 3 is 2.58 bits per heavy atom. The van der Waals surface area contributed by atoms with Gasteiger partial charge < -0.3 is 9.64 Å². The van der Waals surface area contributed by atoms with Gasteiger partial charge in [-0.1, -0.05) is 0 Å². The molecule has 4 heteroatoms. The Labute approximate surface area is 118 Å². The Morgan fingerprint density at radius 2 is 2.00 bits per heavy atom. The molecule has 2 rings (SSSR count). The zero-order valence-electron chi connectivity index (χ0n) is 11.7. The molecule has 0 aliphatic heterocycles. The average molecular weight is 276 g/mol. The summed E-state index contributed by atoms with van der Waals surface area (Å²) in [5.41, 5.74) is 5.11. The van der Waals surface area contributed by atoms with Gasteiger partial charge in [0.1, 0.15) is 5.75 Å². The Hall–Kier alpha value is -1.55. The van der Waals surface area contributed by atoms with E-state index in [2.05, 4.69) is 47.3 Å². The van der Waals surface area contributed by atoms with Crippen molar-refractivity contribution in [2.45, 2.75) is 20.8 Å². The molecule has 0 aliphatic carbocycles. The molecule has 3 nitrogen and oxygen atoms in total. The van der Waals surface area contributed by atoms with E-state index in [0.29, 0.717) is 6.61 Å². The van der Waals surface area contributed by atoms with Crippen LogP contribution in [-0.2, 0) is 0 Å². The van der Waals surface area contributed by atoms with Crippen LogP contribution in [0.2, 0.25) is 0 Å². The molecule has 0 N–H and O–H groups in total. The van der Waals surface area contributed by atoms with Crippen LogP contribution in [0.3, 0.4) is 0 Å². The molecule has 0 atom stereocenters. The second kappa shape index (κ2) is 6.57. The molecule has 1 aromatic carbocycles. The number of aromatic nitrogens is 1. The molecule has 0 saturated carbocycles. The third-order valence-corrected chi connectivity index (χ3v) is 3.69. The van der Waals surface area contributed by atoms with Crippen molar-refractivity contribution in [1.82, 2.24) is 4.98 Å². The molecule has 0 aliphatic rings. The standard InChI is InChI=1S/C15H20N2OS/c1-4-17(5-2)12-7-8-13(14-10-19-11-16-14)15(9-12)18-6-3/h7-11H,4-6H2,1-3H3. The van der Waals surface area contributed by atoms with Crippen molar-refractivity contribution < 1.29 is 4.74 Å². The molecule has 1 heterocycles. The number of benzene rings is 1. The predicted octanol–water partition coefficient (Wildman–Crippen LogP) is 4.06. The van der Waals surface area contributed by atoms with E-state index in [9.17, 15) is 0 Å². The second-order valence-electron chi connectivity index (χ2n) is 4.16. The maximum Gasteiger partial charge on any atom is 0.130 e. The average Bonchev–Trinajstić information content (AvgIpc) is 2.95. The van der Waals surface area contributed by atoms with Crippen molar-refractivity contribution >= 4 is 17.0 Å². The van der Waals surface area contributed by atoms with Crippen LogP contribution in [-0.4, -0.2) is 24.7 Å². The first-order valence-electron chi connectivity index (χ1n) is 6.70. The highest BCUT2D eigenvalue weighted by Crippen LogP contribution is 2.33. The highest BCUT2D eigenvalue weighted by Gasteiger charge is 2.11. The summed E-state index contributed by atoms with van der Waals surface area (Å²) in [6, 6.07) is 6.36. The fourth-order valence-electron chi connectivity index (χ4n) is 2.13. The van der Waals surface area contributed by atoms with Gasteiger partial charge in [0.15, 0.2) is 0 Å². The third-order valence-electron chi connectivity index (χ3n) is 3.10. The number of hydrogen-bond donors (Lipinski definition) is 0. The minimum atomic E-state index is 0.666. The van der Waals surface area contributed by atoms with Gasteiger partial charge in [0, 0.05) is 35.8 Å². The molecule has 2 aromatic rings. The van der Waals surface area contributed by atoms with Gasteiger partial charge in [-0.3, -0.25) is 0 Å². The molecular formula is C15H20N2OS. The van der Waals surface area contributed by atoms with Gasteiger partial charge in [0.25, 0.3) is 0 Å². The lowest BCUT2D eigenvalue weighted by atomic mass is 10.1. The Bertz CT molecular complexity index is 507. The second-order valence-corrected chi connectivity index (χ2v) is 4.88. The van der Waals surface area contributed by atoms with Gasteiger partial charge in [-0.05, 0) is 32.9 Å². The summed E-state index contributed by atoms with van der Waals surface area (Å²) >= 11 is 1.60. The normalized spacial score (nSPS) is 10.5. The van der Waals surface area contributed by atoms with E-state index in [1.165, 1.54) is 5.69 Å². The van der Waals surface area contributed by atoms with Crippen molar-refractivity contribution in [2.75, 3.05) is 24.6 Å². The van der Waals surface area contributed by atoms with Gasteiger partial charge in [0.2, 0.25) is 0 Å². The van der Waals surface area contributed by atoms with E-state index >= 15 is 0 Å². The number of ether oxygens (including phenoxy) is 1. The van der Waals surface area contributed by atoms with Gasteiger partial charge in [-0.15, -0.1) is 11.3 Å². The molecular weight excluding hydrogens is 256 g/mol. The van der Waals surface area contributed by atoms with E-state index in [-0.39, 0.29) is 0 Å². The Kier molecular flexibility index (Phi) is 4.80. The number of nitrogens with zero attached hydrogens (tertiary/aromatic N) is 2. The Morgan fingerprint density at radius 1 is 1.21 bits per heavy atom. The first-order chi connectivity index (χ1) is 9.30. The number of anilines is 1. The number of thiazole rings is 1. The van der Waals surface area contributed by atoms with Crippen molar-refractivity contribution in [3.63, 3.8) is 0 Å². The van der Waals surface area contributed by atoms with Gasteiger partial charge in [0.05, 0.1) is 17.8 Å². The smallest absolute Gasteiger partial charge is 0.130 e. The summed E-state index contributed by atoms with van der Waals surface area (Å²) in [6.45, 7) is 9.00. The van der Waals surface area contributed by atoms with E-state index in [4.69, 9.17) is 4.74 Å². The van der Waals surface area contributed by atoms with Crippen molar-refractivity contribution in [1.29, 1.82) is 0 Å². The quantitative estimate of drug-likeness (QED) is 0.795. The highest BCUT2D eigenvalue weighted by atomic mass is 32.1. The minimum Gasteiger partial charge on any atom is -0.493 e. The summed E-state index contributed by atoms with van der Waals surface area (Å²) in [5.74, 6) is 0.915. The van der Waals surface area contributed by atoms with Crippen LogP contribution in [0.25, 0.3) is 11.3 Å². The lowest BCUT2D eigenvalue weighted by Gasteiger charge is -2.22. The van der Waals surface area contributed by atoms with Crippen LogP contribution in [0.1, 0.15) is 20.8 Å². The van der Waals surface area contributed by atoms with Crippen LogP contribution in [0.4, 0.5) is 5.69 Å². The number of rotatable bonds is 6. The predicted molar refractivity (Wildman–Crippen MR) is 82.3 cm³/mol. The highest BCUT2D eigenvalue weighted by molar-refractivity contribution is 7.07. The largest absolute Gasteiger partial charge is 0.493 e. The summed E-state index contributed by atoms with van der Waals surface area (Å²) in [5, 5.41) is 2.05. The van der Waals surface area contributed by atoms with Crippen LogP contribution < -0.4 is 9.64 Å². The summed E-state index contributed by atoms with van der Waals surface area (Å²) < 4.78 is 5.78. The van der Waals surface area contributed by atoms with Crippen LogP contribution in [0, 0.1) is 0 Å². The van der Waals surface area contributed by atoms with Crippen LogP contribution >= 0.6 is 11.3 Å².